The number of rotatable bonds is 16. The van der Waals surface area contributed by atoms with Gasteiger partial charge in [0.1, 0.15) is 22.3 Å². The number of anilines is 6. The highest BCUT2D eigenvalue weighted by molar-refractivity contribution is 6.16. The monoisotopic (exact) mass is 1630 g/mol. The van der Waals surface area contributed by atoms with Crippen molar-refractivity contribution in [1.82, 2.24) is 0 Å². The van der Waals surface area contributed by atoms with Crippen LogP contribution in [-0.2, 0) is 10.8 Å². The highest BCUT2D eigenvalue weighted by atomic mass is 16.3. The van der Waals surface area contributed by atoms with Gasteiger partial charge >= 0.3 is 0 Å². The molecule has 0 spiro atoms. The van der Waals surface area contributed by atoms with E-state index in [2.05, 4.69) is 486 Å². The molecule has 0 atom stereocenters. The van der Waals surface area contributed by atoms with Crippen LogP contribution in [0.1, 0.15) is 49.9 Å². The summed E-state index contributed by atoms with van der Waals surface area (Å²) in [5, 5.41) is 6.61. The number of nitrogens with zero attached hydrogens (tertiary/aromatic N) is 2. The molecule has 0 saturated carbocycles. The lowest BCUT2D eigenvalue weighted by atomic mass is 9.82. The van der Waals surface area contributed by atoms with Crippen molar-refractivity contribution in [3.8, 4) is 134 Å². The summed E-state index contributed by atoms with van der Waals surface area (Å²) in [6, 6.07) is 165. The molecule has 20 aromatic carbocycles. The van der Waals surface area contributed by atoms with Crippen LogP contribution < -0.4 is 9.80 Å². The smallest absolute Gasteiger partial charge is 0.143 e. The molecule has 0 unspecified atom stereocenters. The number of para-hydroxylation sites is 3. The standard InChI is InChI=1S/C124H86N2O2/c1-123(2)110-54-23-20-42-98(110)100-71-68-89(77-112(100)123)125(115-56-29-48-93(82-33-10-6-11-34-82)119(115)105-46-18-14-39-91(105)81-31-8-5-9-32-81)88-66-63-80(64-67-88)79-59-61-84(62-60-79)95-50-27-52-109-104-70-65-86(76-118(104)128-121(95)109)85-37-26-38-87(75-85)92-40-15-19-47-106(92)120-94(83-35-12-7-13-36-83)49-30-57-116(120)126(90-69-72-101-99-43-21-24-55-111(99)124(3,4)113(101)78-90)114-74-73-97(96-41-16-17-44-102(96)114)107-51-28-53-108-103-45-22-25-58-117(103)127-122(107)108/h5-78H,1-4H3. The molecule has 128 heavy (non-hydrogen) atoms. The fraction of sp³-hybridized carbons (Fsp3) is 0.0484. The van der Waals surface area contributed by atoms with E-state index >= 15 is 0 Å². The van der Waals surface area contributed by atoms with Crippen LogP contribution in [0.4, 0.5) is 34.1 Å². The molecule has 2 aliphatic rings. The maximum Gasteiger partial charge on any atom is 0.143 e. The number of hydrogen-bond acceptors (Lipinski definition) is 4. The zero-order valence-electron chi connectivity index (χ0n) is 71.4. The number of fused-ring (bicyclic) bond motifs is 13. The van der Waals surface area contributed by atoms with E-state index in [1.165, 1.54) is 61.2 Å². The van der Waals surface area contributed by atoms with Gasteiger partial charge in [0.25, 0.3) is 0 Å². The van der Waals surface area contributed by atoms with Crippen LogP contribution in [0, 0.1) is 0 Å². The summed E-state index contributed by atoms with van der Waals surface area (Å²) < 4.78 is 13.9. The first-order valence-corrected chi connectivity index (χ1v) is 44.4. The third-order valence-electron chi connectivity index (χ3n) is 27.4. The van der Waals surface area contributed by atoms with Gasteiger partial charge in [-0.25, -0.2) is 0 Å². The van der Waals surface area contributed by atoms with Gasteiger partial charge in [-0.1, -0.05) is 398 Å². The molecular weight excluding hydrogens is 1550 g/mol. The van der Waals surface area contributed by atoms with Gasteiger partial charge in [0.2, 0.25) is 0 Å². The molecule has 604 valence electrons. The van der Waals surface area contributed by atoms with Gasteiger partial charge in [0.15, 0.2) is 0 Å². The Kier molecular flexibility index (Phi) is 17.9. The summed E-state index contributed by atoms with van der Waals surface area (Å²) in [6.45, 7) is 9.50. The largest absolute Gasteiger partial charge is 0.455 e. The van der Waals surface area contributed by atoms with E-state index in [0.717, 1.165) is 183 Å². The SMILES string of the molecule is CC1(C)c2ccccc2-c2ccc(N(c3ccc(-c4ccc(-c5cccc6c5oc5cc(-c7cccc(-c8ccccc8-c8c(-c9ccccc9)cccc8N(c8ccc9c(c8)C(C)(C)c8ccccc8-9)c8ccc(-c9cccc%10c9oc9ccccc9%10)c9ccccc89)c7)ccc56)cc4)cc3)c3cccc(-c4ccccc4)c3-c3ccccc3-c3ccccc3)cc21. The molecular formula is C124H86N2O2. The van der Waals surface area contributed by atoms with Crippen molar-refractivity contribution >= 4 is 88.8 Å². The lowest BCUT2D eigenvalue weighted by molar-refractivity contribution is 0.660. The summed E-state index contributed by atoms with van der Waals surface area (Å²) in [5.74, 6) is 0. The minimum Gasteiger partial charge on any atom is -0.455 e. The summed E-state index contributed by atoms with van der Waals surface area (Å²) >= 11 is 0. The highest BCUT2D eigenvalue weighted by Crippen LogP contribution is 2.58. The Labute approximate surface area is 745 Å². The molecule has 0 N–H and O–H groups in total. The van der Waals surface area contributed by atoms with Crippen LogP contribution in [0.15, 0.2) is 458 Å². The first-order chi connectivity index (χ1) is 63.0. The van der Waals surface area contributed by atoms with E-state index in [1.54, 1.807) is 0 Å². The van der Waals surface area contributed by atoms with Crippen molar-refractivity contribution in [3.63, 3.8) is 0 Å². The molecule has 0 radical (unpaired) electrons. The second-order valence-corrected chi connectivity index (χ2v) is 35.2. The van der Waals surface area contributed by atoms with Crippen molar-refractivity contribution < 1.29 is 8.83 Å². The van der Waals surface area contributed by atoms with Gasteiger partial charge in [-0.3, -0.25) is 0 Å². The quantitative estimate of drug-likeness (QED) is 0.0965. The number of benzene rings is 20. The van der Waals surface area contributed by atoms with Gasteiger partial charge in [-0.2, -0.15) is 0 Å². The Morgan fingerprint density at radius 1 is 0.172 bits per heavy atom. The molecule has 2 heterocycles. The van der Waals surface area contributed by atoms with Crippen LogP contribution in [0.25, 0.3) is 188 Å². The van der Waals surface area contributed by atoms with Crippen LogP contribution in [0.5, 0.6) is 0 Å². The molecule has 2 aliphatic carbocycles. The van der Waals surface area contributed by atoms with E-state index in [9.17, 15) is 0 Å². The highest BCUT2D eigenvalue weighted by Gasteiger charge is 2.39. The van der Waals surface area contributed by atoms with Crippen molar-refractivity contribution in [1.29, 1.82) is 0 Å². The molecule has 22 aromatic rings. The Balaban J connectivity index is 0.585. The minimum absolute atomic E-state index is 0.207. The molecule has 0 saturated heterocycles. The maximum absolute atomic E-state index is 7.15. The van der Waals surface area contributed by atoms with Crippen LogP contribution in [-0.4, -0.2) is 0 Å². The predicted molar refractivity (Wildman–Crippen MR) is 537 cm³/mol. The second kappa shape index (κ2) is 30.4. The van der Waals surface area contributed by atoms with Crippen LogP contribution >= 0.6 is 0 Å². The lowest BCUT2D eigenvalue weighted by Crippen LogP contribution is -2.17. The predicted octanol–water partition coefficient (Wildman–Crippen LogP) is 34.9. The Bertz CT molecular complexity index is 8170. The third-order valence-corrected chi connectivity index (χ3v) is 27.4. The van der Waals surface area contributed by atoms with Crippen molar-refractivity contribution in [2.75, 3.05) is 9.80 Å². The fourth-order valence-corrected chi connectivity index (χ4v) is 21.1. The van der Waals surface area contributed by atoms with Crippen molar-refractivity contribution in [3.05, 3.63) is 471 Å². The van der Waals surface area contributed by atoms with Crippen LogP contribution in [0.3, 0.4) is 0 Å². The van der Waals surface area contributed by atoms with Gasteiger partial charge in [0.05, 0.1) is 17.1 Å². The molecule has 4 nitrogen and oxygen atoms in total. The molecule has 0 bridgehead atoms. The van der Waals surface area contributed by atoms with Crippen molar-refractivity contribution in [2.24, 2.45) is 0 Å². The Morgan fingerprint density at radius 3 is 1.13 bits per heavy atom. The van der Waals surface area contributed by atoms with Gasteiger partial charge in [-0.15, -0.1) is 0 Å². The van der Waals surface area contributed by atoms with Gasteiger partial charge in [0, 0.05) is 77.1 Å². The first kappa shape index (κ1) is 75.6. The average molecular weight is 1640 g/mol. The fourth-order valence-electron chi connectivity index (χ4n) is 21.1. The van der Waals surface area contributed by atoms with E-state index in [4.69, 9.17) is 8.83 Å². The zero-order chi connectivity index (χ0) is 85.3. The molecule has 0 amide bonds. The van der Waals surface area contributed by atoms with E-state index < -0.39 is 0 Å². The van der Waals surface area contributed by atoms with Crippen molar-refractivity contribution in [2.45, 2.75) is 38.5 Å². The van der Waals surface area contributed by atoms with Gasteiger partial charge < -0.3 is 18.6 Å². The zero-order valence-corrected chi connectivity index (χ0v) is 71.4. The van der Waals surface area contributed by atoms with Crippen LogP contribution in [0.2, 0.25) is 0 Å². The Hall–Kier alpha value is -16.1. The average Bonchev–Trinajstić information content (AvgIpc) is 1.46. The second-order valence-electron chi connectivity index (χ2n) is 35.2. The number of hydrogen-bond donors (Lipinski definition) is 0. The summed E-state index contributed by atoms with van der Waals surface area (Å²) in [7, 11) is 0. The van der Waals surface area contributed by atoms with E-state index in [-0.39, 0.29) is 10.8 Å². The number of furan rings is 2. The summed E-state index contributed by atoms with van der Waals surface area (Å²) in [5.41, 5.74) is 42.3. The topological polar surface area (TPSA) is 32.8 Å². The maximum atomic E-state index is 7.15. The van der Waals surface area contributed by atoms with E-state index in [1.807, 2.05) is 0 Å². The molecule has 0 aliphatic heterocycles. The summed E-state index contributed by atoms with van der Waals surface area (Å²) in [4.78, 5) is 5.04. The molecule has 24 rings (SSSR count). The van der Waals surface area contributed by atoms with E-state index in [0.29, 0.717) is 0 Å². The molecule has 2 aromatic heterocycles. The molecule has 4 heteroatoms. The Morgan fingerprint density at radius 2 is 0.531 bits per heavy atom. The first-order valence-electron chi connectivity index (χ1n) is 44.4. The lowest BCUT2D eigenvalue weighted by Gasteiger charge is -2.32. The molecule has 0 fully saturated rings. The summed E-state index contributed by atoms with van der Waals surface area (Å²) in [6.07, 6.45) is 0. The minimum atomic E-state index is -0.256. The van der Waals surface area contributed by atoms with Gasteiger partial charge in [-0.05, 0) is 218 Å². The third kappa shape index (κ3) is 12.4. The normalized spacial score (nSPS) is 12.8.